The maximum atomic E-state index is 4.73. The van der Waals surface area contributed by atoms with Crippen LogP contribution in [0.25, 0.3) is 0 Å². The second-order valence-electron chi connectivity index (χ2n) is 1.22. The molecule has 0 N–H and O–H groups in total. The maximum Gasteiger partial charge on any atom is 0.275 e. The molecule has 1 radical (unpaired) electrons. The standard InChI is InChI=1S/C4H6NO2/c1-6-4-2-5-3-7-4/h4H,2H2,1H3. The Morgan fingerprint density at radius 1 is 2.00 bits per heavy atom. The van der Waals surface area contributed by atoms with Crippen molar-refractivity contribution in [3.8, 4) is 0 Å². The van der Waals surface area contributed by atoms with Crippen molar-refractivity contribution in [3.63, 3.8) is 0 Å². The van der Waals surface area contributed by atoms with E-state index in [0.29, 0.717) is 6.54 Å². The molecule has 1 atom stereocenters. The molecule has 1 aliphatic heterocycles. The Kier molecular flexibility index (Phi) is 1.26. The number of hydrogen-bond donors (Lipinski definition) is 0. The maximum absolute atomic E-state index is 4.73. The normalized spacial score (nSPS) is 27.9. The minimum Gasteiger partial charge on any atom is -0.442 e. The van der Waals surface area contributed by atoms with E-state index in [2.05, 4.69) is 16.1 Å². The van der Waals surface area contributed by atoms with Crippen LogP contribution in [0.2, 0.25) is 0 Å². The van der Waals surface area contributed by atoms with E-state index in [9.17, 15) is 0 Å². The number of methoxy groups -OCH3 is 1. The first-order chi connectivity index (χ1) is 3.43. The largest absolute Gasteiger partial charge is 0.442 e. The average Bonchev–Trinajstić information content (AvgIpc) is 2.14. The molecular weight excluding hydrogens is 94.0 g/mol. The van der Waals surface area contributed by atoms with Crippen LogP contribution < -0.4 is 0 Å². The number of rotatable bonds is 1. The second kappa shape index (κ2) is 1.93. The molecule has 0 saturated heterocycles. The molecule has 39 valence electrons. The average molecular weight is 100 g/mol. The van der Waals surface area contributed by atoms with E-state index in [4.69, 9.17) is 4.74 Å². The molecule has 1 aliphatic rings. The first kappa shape index (κ1) is 4.59. The van der Waals surface area contributed by atoms with Gasteiger partial charge < -0.3 is 9.47 Å². The van der Waals surface area contributed by atoms with E-state index >= 15 is 0 Å². The van der Waals surface area contributed by atoms with Gasteiger partial charge in [0, 0.05) is 7.11 Å². The molecule has 7 heavy (non-hydrogen) atoms. The van der Waals surface area contributed by atoms with Crippen molar-refractivity contribution in [3.05, 3.63) is 0 Å². The zero-order valence-electron chi connectivity index (χ0n) is 4.05. The fourth-order valence-electron chi connectivity index (χ4n) is 0.368. The van der Waals surface area contributed by atoms with E-state index in [-0.39, 0.29) is 6.29 Å². The van der Waals surface area contributed by atoms with Crippen LogP contribution in [0.5, 0.6) is 0 Å². The van der Waals surface area contributed by atoms with Crippen LogP contribution >= 0.6 is 0 Å². The first-order valence-electron chi connectivity index (χ1n) is 2.03. The van der Waals surface area contributed by atoms with Gasteiger partial charge in [-0.05, 0) is 0 Å². The second-order valence-corrected chi connectivity index (χ2v) is 1.22. The van der Waals surface area contributed by atoms with Gasteiger partial charge in [-0.2, -0.15) is 0 Å². The van der Waals surface area contributed by atoms with Crippen LogP contribution in [0.15, 0.2) is 4.99 Å². The lowest BCUT2D eigenvalue weighted by molar-refractivity contribution is -0.0370. The topological polar surface area (TPSA) is 30.8 Å². The van der Waals surface area contributed by atoms with Crippen LogP contribution in [-0.2, 0) is 9.47 Å². The summed E-state index contributed by atoms with van der Waals surface area (Å²) in [7, 11) is 1.58. The molecule has 0 saturated carbocycles. The molecule has 0 amide bonds. The van der Waals surface area contributed by atoms with E-state index in [1.807, 2.05) is 0 Å². The van der Waals surface area contributed by atoms with E-state index < -0.39 is 0 Å². The van der Waals surface area contributed by atoms with Gasteiger partial charge in [0.2, 0.25) is 6.29 Å². The van der Waals surface area contributed by atoms with Crippen molar-refractivity contribution in [2.75, 3.05) is 13.7 Å². The fraction of sp³-hybridized carbons (Fsp3) is 0.750. The van der Waals surface area contributed by atoms with E-state index in [1.54, 1.807) is 7.11 Å². The third-order valence-corrected chi connectivity index (χ3v) is 0.752. The summed E-state index contributed by atoms with van der Waals surface area (Å²) in [5, 5.41) is 0. The van der Waals surface area contributed by atoms with Gasteiger partial charge in [-0.3, -0.25) is 0 Å². The van der Waals surface area contributed by atoms with Crippen molar-refractivity contribution in [1.82, 2.24) is 0 Å². The molecule has 0 aliphatic carbocycles. The summed E-state index contributed by atoms with van der Waals surface area (Å²) in [6.45, 7) is 0.580. The third kappa shape index (κ3) is 0.899. The van der Waals surface area contributed by atoms with Crippen LogP contribution in [0.4, 0.5) is 0 Å². The summed E-state index contributed by atoms with van der Waals surface area (Å²) in [6.07, 6.45) is 2.14. The Balaban J connectivity index is 2.22. The molecule has 1 unspecified atom stereocenters. The summed E-state index contributed by atoms with van der Waals surface area (Å²) < 4.78 is 9.40. The highest BCUT2D eigenvalue weighted by Crippen LogP contribution is 1.96. The molecular formula is C4H6NO2. The molecule has 0 spiro atoms. The quantitative estimate of drug-likeness (QED) is 0.460. The van der Waals surface area contributed by atoms with Crippen LogP contribution in [0, 0.1) is 0 Å². The van der Waals surface area contributed by atoms with Gasteiger partial charge in [-0.1, -0.05) is 0 Å². The van der Waals surface area contributed by atoms with Gasteiger partial charge in [0.1, 0.15) is 6.54 Å². The van der Waals surface area contributed by atoms with Crippen molar-refractivity contribution >= 4 is 6.40 Å². The molecule has 1 heterocycles. The molecule has 3 nitrogen and oxygen atoms in total. The minimum absolute atomic E-state index is 0.181. The third-order valence-electron chi connectivity index (χ3n) is 0.752. The number of hydrogen-bond acceptors (Lipinski definition) is 3. The molecule has 0 aromatic rings. The molecule has 0 aromatic carbocycles. The van der Waals surface area contributed by atoms with Gasteiger partial charge in [-0.15, -0.1) is 0 Å². The summed E-state index contributed by atoms with van der Waals surface area (Å²) in [5.74, 6) is 0. The van der Waals surface area contributed by atoms with Crippen molar-refractivity contribution in [2.24, 2.45) is 4.99 Å². The summed E-state index contributed by atoms with van der Waals surface area (Å²) in [4.78, 5) is 3.64. The Morgan fingerprint density at radius 3 is 3.14 bits per heavy atom. The zero-order valence-corrected chi connectivity index (χ0v) is 4.05. The highest BCUT2D eigenvalue weighted by Gasteiger charge is 2.09. The number of aliphatic imine (C=N–C) groups is 1. The first-order valence-corrected chi connectivity index (χ1v) is 2.03. The van der Waals surface area contributed by atoms with Crippen molar-refractivity contribution in [2.45, 2.75) is 6.29 Å². The zero-order chi connectivity index (χ0) is 5.11. The van der Waals surface area contributed by atoms with Crippen LogP contribution in [0.1, 0.15) is 0 Å². The Morgan fingerprint density at radius 2 is 2.86 bits per heavy atom. The van der Waals surface area contributed by atoms with Gasteiger partial charge in [0.15, 0.2) is 0 Å². The molecule has 1 rings (SSSR count). The van der Waals surface area contributed by atoms with E-state index in [0.717, 1.165) is 0 Å². The van der Waals surface area contributed by atoms with Crippen molar-refractivity contribution in [1.29, 1.82) is 0 Å². The highest BCUT2D eigenvalue weighted by molar-refractivity contribution is 5.48. The van der Waals surface area contributed by atoms with Gasteiger partial charge in [0.05, 0.1) is 0 Å². The molecule has 0 bridgehead atoms. The Labute approximate surface area is 42.0 Å². The summed E-state index contributed by atoms with van der Waals surface area (Å²) >= 11 is 0. The highest BCUT2D eigenvalue weighted by atomic mass is 16.7. The summed E-state index contributed by atoms with van der Waals surface area (Å²) in [5.41, 5.74) is 0. The lowest BCUT2D eigenvalue weighted by Gasteiger charge is -2.01. The smallest absolute Gasteiger partial charge is 0.275 e. The minimum atomic E-state index is -0.181. The molecule has 3 heteroatoms. The molecule has 0 aromatic heterocycles. The summed E-state index contributed by atoms with van der Waals surface area (Å²) in [6, 6.07) is 0. The van der Waals surface area contributed by atoms with Gasteiger partial charge >= 0.3 is 0 Å². The lowest BCUT2D eigenvalue weighted by Crippen LogP contribution is -2.11. The van der Waals surface area contributed by atoms with Crippen molar-refractivity contribution < 1.29 is 9.47 Å². The van der Waals surface area contributed by atoms with Crippen LogP contribution in [-0.4, -0.2) is 26.3 Å². The number of ether oxygens (including phenoxy) is 2. The monoisotopic (exact) mass is 100 g/mol. The van der Waals surface area contributed by atoms with E-state index in [1.165, 1.54) is 0 Å². The Hall–Kier alpha value is -0.570. The lowest BCUT2D eigenvalue weighted by atomic mass is 10.7. The fourth-order valence-corrected chi connectivity index (χ4v) is 0.368. The predicted octanol–water partition coefficient (Wildman–Crippen LogP) is -0.106. The number of nitrogens with zero attached hydrogens (tertiary/aromatic N) is 1. The SMILES string of the molecule is COC1CN=[C]O1. The van der Waals surface area contributed by atoms with Gasteiger partial charge in [0.25, 0.3) is 6.40 Å². The van der Waals surface area contributed by atoms with Gasteiger partial charge in [-0.25, -0.2) is 4.99 Å². The molecule has 0 fully saturated rings. The van der Waals surface area contributed by atoms with Crippen LogP contribution in [0.3, 0.4) is 0 Å². The Bertz CT molecular complexity index is 73.8. The predicted molar refractivity (Wildman–Crippen MR) is 24.2 cm³/mol.